The number of urea groups is 1. The van der Waals surface area contributed by atoms with Crippen molar-refractivity contribution in [1.82, 2.24) is 15.0 Å². The third kappa shape index (κ3) is 3.23. The normalized spacial score (nSPS) is 9.23. The van der Waals surface area contributed by atoms with E-state index in [0.717, 1.165) is 4.73 Å². The Kier molecular flexibility index (Phi) is 2.85. The highest BCUT2D eigenvalue weighted by atomic mass is 16.7. The highest BCUT2D eigenvalue weighted by Crippen LogP contribution is 1.80. The van der Waals surface area contributed by atoms with Crippen molar-refractivity contribution in [3.63, 3.8) is 0 Å². The Morgan fingerprint density at radius 2 is 2.38 bits per heavy atom. The minimum absolute atomic E-state index is 0.270. The summed E-state index contributed by atoms with van der Waals surface area (Å²) >= 11 is 0. The number of hydrogen-bond donors (Lipinski definition) is 2. The first-order chi connectivity index (χ1) is 6.18. The van der Waals surface area contributed by atoms with Crippen LogP contribution in [0.4, 0.5) is 4.79 Å². The van der Waals surface area contributed by atoms with Crippen molar-refractivity contribution in [2.45, 2.75) is 0 Å². The fraction of sp³-hybridized carbons (Fsp3) is 0.167. The molecule has 1 aromatic rings. The van der Waals surface area contributed by atoms with Crippen LogP contribution in [0.3, 0.4) is 0 Å². The molecule has 0 atom stereocenters. The van der Waals surface area contributed by atoms with Gasteiger partial charge >= 0.3 is 12.0 Å². The quantitative estimate of drug-likeness (QED) is 0.597. The molecule has 0 aromatic carbocycles. The van der Waals surface area contributed by atoms with Gasteiger partial charge in [-0.1, -0.05) is 0 Å². The molecule has 2 amide bonds. The number of amides is 2. The molecule has 0 bridgehead atoms. The minimum atomic E-state index is -0.775. The molecule has 3 N–H and O–H groups in total. The van der Waals surface area contributed by atoms with Crippen LogP contribution in [0.5, 0.6) is 0 Å². The summed E-state index contributed by atoms with van der Waals surface area (Å²) in [6.45, 7) is -0.270. The predicted octanol–water partition coefficient (Wildman–Crippen LogP) is -1.49. The Morgan fingerprint density at radius 1 is 1.62 bits per heavy atom. The summed E-state index contributed by atoms with van der Waals surface area (Å²) < 4.78 is 1.12. The summed E-state index contributed by atoms with van der Waals surface area (Å²) in [4.78, 5) is 29.4. The highest BCUT2D eigenvalue weighted by Gasteiger charge is 2.04. The van der Waals surface area contributed by atoms with Gasteiger partial charge in [0.05, 0.1) is 6.20 Å². The van der Waals surface area contributed by atoms with Crippen molar-refractivity contribution >= 4 is 12.0 Å². The Hall–Kier alpha value is -2.05. The first-order valence-corrected chi connectivity index (χ1v) is 3.41. The van der Waals surface area contributed by atoms with Gasteiger partial charge in [-0.15, -0.1) is 0 Å². The average Bonchev–Trinajstić information content (AvgIpc) is 2.53. The zero-order valence-electron chi connectivity index (χ0n) is 6.64. The zero-order valence-corrected chi connectivity index (χ0v) is 6.64. The molecule has 0 unspecified atom stereocenters. The zero-order chi connectivity index (χ0) is 9.68. The number of carbonyl (C=O) groups is 2. The van der Waals surface area contributed by atoms with E-state index in [1.807, 2.05) is 0 Å². The summed E-state index contributed by atoms with van der Waals surface area (Å²) in [6.07, 6.45) is 4.21. The first-order valence-electron chi connectivity index (χ1n) is 3.41. The van der Waals surface area contributed by atoms with E-state index in [0.29, 0.717) is 0 Å². The number of carbonyl (C=O) groups excluding carboxylic acids is 2. The molecular formula is C6H8N4O3. The lowest BCUT2D eigenvalue weighted by atomic mass is 10.6. The SMILES string of the molecule is NC(=O)NCC(=O)On1ccnc1. The number of nitrogens with one attached hydrogen (secondary N) is 1. The number of nitrogens with zero attached hydrogens (tertiary/aromatic N) is 2. The molecule has 0 saturated carbocycles. The van der Waals surface area contributed by atoms with Gasteiger partial charge in [-0.25, -0.2) is 14.6 Å². The average molecular weight is 184 g/mol. The molecule has 0 aliphatic rings. The second kappa shape index (κ2) is 4.10. The molecule has 13 heavy (non-hydrogen) atoms. The molecule has 0 aliphatic heterocycles. The Labute approximate surface area is 73.4 Å². The third-order valence-corrected chi connectivity index (χ3v) is 1.09. The molecule has 0 spiro atoms. The van der Waals surface area contributed by atoms with Crippen molar-refractivity contribution < 1.29 is 14.4 Å². The van der Waals surface area contributed by atoms with E-state index >= 15 is 0 Å². The second-order valence-corrected chi connectivity index (χ2v) is 2.10. The topological polar surface area (TPSA) is 99.2 Å². The van der Waals surface area contributed by atoms with Crippen LogP contribution in [0.25, 0.3) is 0 Å². The smallest absolute Gasteiger partial charge is 0.351 e. The van der Waals surface area contributed by atoms with Gasteiger partial charge in [-0.3, -0.25) is 0 Å². The van der Waals surface area contributed by atoms with E-state index in [2.05, 4.69) is 15.1 Å². The largest absolute Gasteiger partial charge is 0.352 e. The van der Waals surface area contributed by atoms with E-state index in [-0.39, 0.29) is 6.54 Å². The lowest BCUT2D eigenvalue weighted by Gasteiger charge is -2.02. The van der Waals surface area contributed by atoms with Crippen LogP contribution in [0.1, 0.15) is 0 Å². The lowest BCUT2D eigenvalue weighted by molar-refractivity contribution is -0.142. The molecule has 1 heterocycles. The molecule has 0 saturated heterocycles. The molecule has 1 aromatic heterocycles. The predicted molar refractivity (Wildman–Crippen MR) is 41.4 cm³/mol. The van der Waals surface area contributed by atoms with Crippen LogP contribution >= 0.6 is 0 Å². The third-order valence-electron chi connectivity index (χ3n) is 1.09. The molecule has 7 nitrogen and oxygen atoms in total. The number of primary amides is 1. The molecule has 70 valence electrons. The Bertz CT molecular complexity index is 295. The number of aromatic nitrogens is 2. The molecule has 1 rings (SSSR count). The van der Waals surface area contributed by atoms with Gasteiger partial charge in [0.15, 0.2) is 0 Å². The van der Waals surface area contributed by atoms with Crippen LogP contribution in [-0.4, -0.2) is 28.3 Å². The van der Waals surface area contributed by atoms with E-state index < -0.39 is 12.0 Å². The van der Waals surface area contributed by atoms with Crippen LogP contribution < -0.4 is 15.9 Å². The fourth-order valence-corrected chi connectivity index (χ4v) is 0.610. The summed E-state index contributed by atoms with van der Waals surface area (Å²) in [5, 5.41) is 2.09. The molecule has 7 heteroatoms. The Morgan fingerprint density at radius 3 is 2.92 bits per heavy atom. The van der Waals surface area contributed by atoms with Crippen molar-refractivity contribution in [3.8, 4) is 0 Å². The molecule has 0 radical (unpaired) electrons. The van der Waals surface area contributed by atoms with Gasteiger partial charge in [0.25, 0.3) is 0 Å². The molecule has 0 aliphatic carbocycles. The van der Waals surface area contributed by atoms with Crippen LogP contribution in [-0.2, 0) is 4.79 Å². The number of imidazole rings is 1. The maximum Gasteiger partial charge on any atom is 0.351 e. The summed E-state index contributed by atoms with van der Waals surface area (Å²) in [5.74, 6) is -0.628. The van der Waals surface area contributed by atoms with Gasteiger partial charge < -0.3 is 15.9 Å². The standard InChI is InChI=1S/C6H8N4O3/c7-6(12)9-3-5(11)13-10-2-1-8-4-10/h1-2,4H,3H2,(H3,7,9,12). The maximum absolute atomic E-state index is 10.9. The van der Waals surface area contributed by atoms with Crippen molar-refractivity contribution in [2.24, 2.45) is 5.73 Å². The van der Waals surface area contributed by atoms with Crippen LogP contribution in [0, 0.1) is 0 Å². The highest BCUT2D eigenvalue weighted by molar-refractivity contribution is 5.79. The van der Waals surface area contributed by atoms with Gasteiger partial charge in [0, 0.05) is 6.20 Å². The lowest BCUT2D eigenvalue weighted by Crippen LogP contribution is -2.37. The fourth-order valence-electron chi connectivity index (χ4n) is 0.610. The van der Waals surface area contributed by atoms with Gasteiger partial charge in [-0.2, -0.15) is 4.73 Å². The Balaban J connectivity index is 2.30. The molecule has 0 fully saturated rings. The maximum atomic E-state index is 10.9. The first kappa shape index (κ1) is 9.04. The number of rotatable bonds is 3. The van der Waals surface area contributed by atoms with Crippen LogP contribution in [0.15, 0.2) is 18.7 Å². The van der Waals surface area contributed by atoms with Crippen molar-refractivity contribution in [2.75, 3.05) is 6.54 Å². The van der Waals surface area contributed by atoms with E-state index in [9.17, 15) is 9.59 Å². The van der Waals surface area contributed by atoms with E-state index in [1.54, 1.807) is 0 Å². The van der Waals surface area contributed by atoms with Crippen LogP contribution in [0.2, 0.25) is 0 Å². The summed E-state index contributed by atoms with van der Waals surface area (Å²) in [6, 6.07) is -0.775. The minimum Gasteiger partial charge on any atom is -0.352 e. The monoisotopic (exact) mass is 184 g/mol. The van der Waals surface area contributed by atoms with Gasteiger partial charge in [0.2, 0.25) is 0 Å². The van der Waals surface area contributed by atoms with Gasteiger partial charge in [-0.05, 0) is 0 Å². The van der Waals surface area contributed by atoms with Crippen molar-refractivity contribution in [1.29, 1.82) is 0 Å². The summed E-state index contributed by atoms with van der Waals surface area (Å²) in [5.41, 5.74) is 4.74. The van der Waals surface area contributed by atoms with Crippen molar-refractivity contribution in [3.05, 3.63) is 18.7 Å². The number of hydrogen-bond acceptors (Lipinski definition) is 4. The van der Waals surface area contributed by atoms with E-state index in [4.69, 9.17) is 5.73 Å². The summed E-state index contributed by atoms with van der Waals surface area (Å²) in [7, 11) is 0. The van der Waals surface area contributed by atoms with Gasteiger partial charge in [0.1, 0.15) is 12.9 Å². The number of nitrogens with two attached hydrogens (primary N) is 1. The molecular weight excluding hydrogens is 176 g/mol. The second-order valence-electron chi connectivity index (χ2n) is 2.10. The van der Waals surface area contributed by atoms with E-state index in [1.165, 1.54) is 18.7 Å².